The van der Waals surface area contributed by atoms with Gasteiger partial charge in [-0.1, -0.05) is 20.3 Å². The molecule has 0 spiro atoms. The summed E-state index contributed by atoms with van der Waals surface area (Å²) >= 11 is 0. The van der Waals surface area contributed by atoms with Crippen molar-refractivity contribution in [1.82, 2.24) is 10.6 Å². The summed E-state index contributed by atoms with van der Waals surface area (Å²) in [6, 6.07) is -0.192. The highest BCUT2D eigenvalue weighted by molar-refractivity contribution is 5.73. The molecular weight excluding hydrogens is 232 g/mol. The van der Waals surface area contributed by atoms with Gasteiger partial charge in [0.15, 0.2) is 0 Å². The van der Waals surface area contributed by atoms with Crippen LogP contribution in [0.4, 0.5) is 4.79 Å². The van der Waals surface area contributed by atoms with Gasteiger partial charge in [0.05, 0.1) is 0 Å². The first-order chi connectivity index (χ1) is 8.42. The van der Waals surface area contributed by atoms with E-state index in [2.05, 4.69) is 24.5 Å². The van der Waals surface area contributed by atoms with Crippen molar-refractivity contribution in [2.24, 2.45) is 11.3 Å². The van der Waals surface area contributed by atoms with E-state index in [1.54, 1.807) is 0 Å². The number of hydrogen-bond donors (Lipinski definition) is 3. The van der Waals surface area contributed by atoms with E-state index in [1.807, 2.05) is 0 Å². The maximum absolute atomic E-state index is 11.5. The van der Waals surface area contributed by atoms with Crippen molar-refractivity contribution in [3.8, 4) is 0 Å². The highest BCUT2D eigenvalue weighted by atomic mass is 16.4. The van der Waals surface area contributed by atoms with Gasteiger partial charge in [-0.2, -0.15) is 0 Å². The molecule has 0 radical (unpaired) electrons. The average Bonchev–Trinajstić information content (AvgIpc) is 2.61. The van der Waals surface area contributed by atoms with Gasteiger partial charge in [0.25, 0.3) is 0 Å². The first kappa shape index (κ1) is 14.8. The van der Waals surface area contributed by atoms with Gasteiger partial charge >= 0.3 is 12.0 Å². The maximum atomic E-state index is 11.5. The van der Waals surface area contributed by atoms with Crippen molar-refractivity contribution in [3.05, 3.63) is 0 Å². The van der Waals surface area contributed by atoms with Crippen LogP contribution >= 0.6 is 0 Å². The Kier molecular flexibility index (Phi) is 5.44. The summed E-state index contributed by atoms with van der Waals surface area (Å²) in [6.07, 6.45) is 4.19. The third-order valence-corrected chi connectivity index (χ3v) is 3.84. The molecule has 3 N–H and O–H groups in total. The number of hydrogen-bond acceptors (Lipinski definition) is 2. The van der Waals surface area contributed by atoms with E-state index in [-0.39, 0.29) is 12.5 Å². The fourth-order valence-corrected chi connectivity index (χ4v) is 2.50. The molecule has 0 saturated heterocycles. The van der Waals surface area contributed by atoms with Gasteiger partial charge in [-0.25, -0.2) is 4.79 Å². The van der Waals surface area contributed by atoms with Crippen LogP contribution in [0.3, 0.4) is 0 Å². The molecule has 0 aliphatic heterocycles. The van der Waals surface area contributed by atoms with Crippen LogP contribution < -0.4 is 10.6 Å². The van der Waals surface area contributed by atoms with Crippen molar-refractivity contribution >= 4 is 12.0 Å². The molecule has 0 aromatic carbocycles. The molecule has 1 atom stereocenters. The molecule has 0 bridgehead atoms. The molecular formula is C13H24N2O3. The van der Waals surface area contributed by atoms with Crippen LogP contribution in [-0.2, 0) is 4.79 Å². The Hall–Kier alpha value is -1.26. The van der Waals surface area contributed by atoms with Crippen molar-refractivity contribution in [2.45, 2.75) is 46.0 Å². The molecule has 0 aromatic rings. The van der Waals surface area contributed by atoms with Crippen molar-refractivity contribution in [3.63, 3.8) is 0 Å². The summed E-state index contributed by atoms with van der Waals surface area (Å²) in [4.78, 5) is 21.8. The normalized spacial score (nSPS) is 21.6. The lowest BCUT2D eigenvalue weighted by molar-refractivity contribution is -0.137. The number of carbonyl (C=O) groups is 2. The van der Waals surface area contributed by atoms with Crippen molar-refractivity contribution in [2.75, 3.05) is 13.1 Å². The van der Waals surface area contributed by atoms with Crippen LogP contribution in [0, 0.1) is 11.3 Å². The fraction of sp³-hybridized carbons (Fsp3) is 0.846. The van der Waals surface area contributed by atoms with Gasteiger partial charge in [-0.15, -0.1) is 0 Å². The fourth-order valence-electron chi connectivity index (χ4n) is 2.50. The molecule has 1 saturated carbocycles. The minimum absolute atomic E-state index is 0.0932. The zero-order valence-corrected chi connectivity index (χ0v) is 11.3. The molecule has 1 rings (SSSR count). The van der Waals surface area contributed by atoms with Crippen LogP contribution in [0.1, 0.15) is 46.0 Å². The number of rotatable bonds is 6. The predicted octanol–water partition coefficient (Wildman–Crippen LogP) is 1.98. The molecule has 5 nitrogen and oxygen atoms in total. The summed E-state index contributed by atoms with van der Waals surface area (Å²) in [6.45, 7) is 5.61. The lowest BCUT2D eigenvalue weighted by atomic mass is 9.82. The highest BCUT2D eigenvalue weighted by Crippen LogP contribution is 2.41. The van der Waals surface area contributed by atoms with Gasteiger partial charge in [-0.3, -0.25) is 4.79 Å². The molecule has 0 aromatic heterocycles. The molecule has 5 heteroatoms. The lowest BCUT2D eigenvalue weighted by Gasteiger charge is -2.27. The Labute approximate surface area is 108 Å². The largest absolute Gasteiger partial charge is 0.481 e. The van der Waals surface area contributed by atoms with Crippen LogP contribution in [0.2, 0.25) is 0 Å². The lowest BCUT2D eigenvalue weighted by Crippen LogP contribution is -2.40. The maximum Gasteiger partial charge on any atom is 0.314 e. The van der Waals surface area contributed by atoms with Gasteiger partial charge in [0.2, 0.25) is 0 Å². The van der Waals surface area contributed by atoms with Gasteiger partial charge < -0.3 is 15.7 Å². The quantitative estimate of drug-likeness (QED) is 0.636. The Morgan fingerprint density at radius 2 is 2.06 bits per heavy atom. The second-order valence-electron chi connectivity index (χ2n) is 5.71. The summed E-state index contributed by atoms with van der Waals surface area (Å²) in [7, 11) is 0. The van der Waals surface area contributed by atoms with Crippen LogP contribution in [0.25, 0.3) is 0 Å². The van der Waals surface area contributed by atoms with Crippen molar-refractivity contribution < 1.29 is 14.7 Å². The van der Waals surface area contributed by atoms with Crippen LogP contribution in [0.15, 0.2) is 0 Å². The van der Waals surface area contributed by atoms with Crippen LogP contribution in [0.5, 0.6) is 0 Å². The minimum Gasteiger partial charge on any atom is -0.481 e. The summed E-state index contributed by atoms with van der Waals surface area (Å²) in [5, 5.41) is 14.0. The minimum atomic E-state index is -0.829. The topological polar surface area (TPSA) is 78.4 Å². The first-order valence-electron chi connectivity index (χ1n) is 6.65. The number of amides is 2. The average molecular weight is 256 g/mol. The molecule has 18 heavy (non-hydrogen) atoms. The third-order valence-electron chi connectivity index (χ3n) is 3.84. The Morgan fingerprint density at radius 3 is 2.61 bits per heavy atom. The Bertz CT molecular complexity index is 303. The number of carboxylic acid groups (broad SMARTS) is 1. The second-order valence-corrected chi connectivity index (χ2v) is 5.71. The monoisotopic (exact) mass is 256 g/mol. The van der Waals surface area contributed by atoms with E-state index < -0.39 is 5.97 Å². The second kappa shape index (κ2) is 6.61. The molecule has 104 valence electrons. The van der Waals surface area contributed by atoms with Gasteiger partial charge in [0, 0.05) is 19.5 Å². The SMILES string of the molecule is CC1(C)CCCC1CNC(=O)NCCCC(=O)O. The first-order valence-corrected chi connectivity index (χ1v) is 6.65. The number of urea groups is 1. The number of carboxylic acids is 1. The van der Waals surface area contributed by atoms with E-state index in [4.69, 9.17) is 5.11 Å². The smallest absolute Gasteiger partial charge is 0.314 e. The predicted molar refractivity (Wildman–Crippen MR) is 69.4 cm³/mol. The Balaban J connectivity index is 2.12. The molecule has 1 aliphatic carbocycles. The molecule has 1 unspecified atom stereocenters. The standard InChI is InChI=1S/C13H24N2O3/c1-13(2)7-3-5-10(13)9-15-12(18)14-8-4-6-11(16)17/h10H,3-9H2,1-2H3,(H,16,17)(H2,14,15,18). The number of aliphatic carboxylic acids is 1. The number of carbonyl (C=O) groups excluding carboxylic acids is 1. The Morgan fingerprint density at radius 1 is 1.33 bits per heavy atom. The zero-order valence-electron chi connectivity index (χ0n) is 11.3. The van der Waals surface area contributed by atoms with Gasteiger partial charge in [0.1, 0.15) is 0 Å². The highest BCUT2D eigenvalue weighted by Gasteiger charge is 2.34. The molecule has 1 fully saturated rings. The van der Waals surface area contributed by atoms with E-state index in [9.17, 15) is 9.59 Å². The van der Waals surface area contributed by atoms with E-state index in [1.165, 1.54) is 19.3 Å². The third kappa shape index (κ3) is 4.94. The summed E-state index contributed by atoms with van der Waals surface area (Å²) in [5.41, 5.74) is 0.316. The van der Waals surface area contributed by atoms with E-state index >= 15 is 0 Å². The summed E-state index contributed by atoms with van der Waals surface area (Å²) < 4.78 is 0. The molecule has 1 aliphatic rings. The zero-order chi connectivity index (χ0) is 13.6. The van der Waals surface area contributed by atoms with Crippen LogP contribution in [-0.4, -0.2) is 30.2 Å². The van der Waals surface area contributed by atoms with E-state index in [0.29, 0.717) is 30.8 Å². The van der Waals surface area contributed by atoms with E-state index in [0.717, 1.165) is 0 Å². The number of nitrogens with one attached hydrogen (secondary N) is 2. The molecule has 0 heterocycles. The van der Waals surface area contributed by atoms with Gasteiger partial charge in [-0.05, 0) is 30.6 Å². The summed E-state index contributed by atoms with van der Waals surface area (Å²) in [5.74, 6) is -0.285. The molecule has 2 amide bonds. The van der Waals surface area contributed by atoms with Crippen molar-refractivity contribution in [1.29, 1.82) is 0 Å².